The quantitative estimate of drug-likeness (QED) is 0.294. The molecule has 0 amide bonds. The molecular formula is C28H26FN3O3S. The van der Waals surface area contributed by atoms with Crippen molar-refractivity contribution in [1.82, 2.24) is 14.9 Å². The number of pyridine rings is 1. The summed E-state index contributed by atoms with van der Waals surface area (Å²) in [6.45, 7) is 3.08. The zero-order valence-electron chi connectivity index (χ0n) is 19.9. The van der Waals surface area contributed by atoms with E-state index in [1.165, 1.54) is 16.9 Å². The van der Waals surface area contributed by atoms with E-state index in [2.05, 4.69) is 40.2 Å². The lowest BCUT2D eigenvalue weighted by Gasteiger charge is -2.43. The van der Waals surface area contributed by atoms with Crippen LogP contribution < -0.4 is 0 Å². The maximum atomic E-state index is 15.3. The molecule has 6 rings (SSSR count). The first-order valence-electron chi connectivity index (χ1n) is 12.2. The Morgan fingerprint density at radius 3 is 2.61 bits per heavy atom. The van der Waals surface area contributed by atoms with E-state index < -0.39 is 6.16 Å². The zero-order valence-corrected chi connectivity index (χ0v) is 20.7. The first kappa shape index (κ1) is 23.1. The van der Waals surface area contributed by atoms with Crippen LogP contribution in [0.1, 0.15) is 49.0 Å². The topological polar surface area (TPSA) is 75.5 Å². The third-order valence-electron chi connectivity index (χ3n) is 7.40. The Morgan fingerprint density at radius 1 is 1.17 bits per heavy atom. The molecule has 1 aliphatic heterocycles. The predicted molar refractivity (Wildman–Crippen MR) is 137 cm³/mol. The Hall–Kier alpha value is -3.36. The van der Waals surface area contributed by atoms with Gasteiger partial charge >= 0.3 is 6.16 Å². The van der Waals surface area contributed by atoms with Crippen molar-refractivity contribution in [3.05, 3.63) is 83.3 Å². The first-order chi connectivity index (χ1) is 17.5. The number of fused-ring (bicyclic) bond motifs is 1. The maximum Gasteiger partial charge on any atom is 0.506 e. The molecule has 0 radical (unpaired) electrons. The van der Waals surface area contributed by atoms with Crippen LogP contribution in [0.3, 0.4) is 0 Å². The number of rotatable bonds is 7. The number of nitrogens with zero attached hydrogens (tertiary/aromatic N) is 3. The fraction of sp³-hybridized carbons (Fsp3) is 0.321. The lowest BCUT2D eigenvalue weighted by molar-refractivity contribution is -0.0524. The van der Waals surface area contributed by atoms with Crippen molar-refractivity contribution in [3.63, 3.8) is 0 Å². The van der Waals surface area contributed by atoms with Crippen LogP contribution in [0.15, 0.2) is 60.7 Å². The van der Waals surface area contributed by atoms with Gasteiger partial charge in [-0.3, -0.25) is 4.90 Å². The van der Waals surface area contributed by atoms with E-state index in [4.69, 9.17) is 14.8 Å². The van der Waals surface area contributed by atoms with Gasteiger partial charge in [-0.1, -0.05) is 54.7 Å². The van der Waals surface area contributed by atoms with Gasteiger partial charge in [-0.25, -0.2) is 19.2 Å². The molecule has 2 aliphatic rings. The fourth-order valence-corrected chi connectivity index (χ4v) is 6.30. The third-order valence-corrected chi connectivity index (χ3v) is 8.40. The minimum Gasteiger partial charge on any atom is -0.450 e. The SMILES string of the molecule is CC[C@H](c1ccc(-c2nc3ccc(C4(c5ccccc5)CC4)nc3s2)c(F)c1)N1CC(OC(=O)O)C1. The molecule has 2 aromatic heterocycles. The molecule has 1 N–H and O–H groups in total. The Balaban J connectivity index is 1.25. The molecule has 8 heteroatoms. The molecule has 0 bridgehead atoms. The highest BCUT2D eigenvalue weighted by Gasteiger charge is 2.47. The standard InChI is InChI=1S/C28H26FN3O3S/c1-2-23(32-15-19(16-32)35-27(33)34)17-8-9-20(21(29)14-17)25-30-22-10-11-24(31-26(22)36-25)28(12-13-28)18-6-4-3-5-7-18/h3-11,14,19,23H,2,12-13,15-16H2,1H3,(H,33,34)/t23-/m1/s1. The van der Waals surface area contributed by atoms with Crippen molar-refractivity contribution in [1.29, 1.82) is 0 Å². The van der Waals surface area contributed by atoms with Crippen molar-refractivity contribution in [2.24, 2.45) is 0 Å². The van der Waals surface area contributed by atoms with Crippen molar-refractivity contribution < 1.29 is 19.0 Å². The molecule has 1 saturated heterocycles. The number of ether oxygens (including phenoxy) is 1. The van der Waals surface area contributed by atoms with E-state index in [1.807, 2.05) is 25.1 Å². The van der Waals surface area contributed by atoms with E-state index >= 15 is 4.39 Å². The molecule has 1 saturated carbocycles. The lowest BCUT2D eigenvalue weighted by atomic mass is 9.92. The van der Waals surface area contributed by atoms with Gasteiger partial charge in [-0.2, -0.15) is 0 Å². The molecule has 2 aromatic carbocycles. The van der Waals surface area contributed by atoms with Crippen LogP contribution >= 0.6 is 11.3 Å². The smallest absolute Gasteiger partial charge is 0.450 e. The summed E-state index contributed by atoms with van der Waals surface area (Å²) < 4.78 is 20.1. The maximum absolute atomic E-state index is 15.3. The summed E-state index contributed by atoms with van der Waals surface area (Å²) in [5, 5.41) is 9.41. The highest BCUT2D eigenvalue weighted by molar-refractivity contribution is 7.21. The third kappa shape index (κ3) is 4.04. The number of hydrogen-bond acceptors (Lipinski definition) is 6. The van der Waals surface area contributed by atoms with Crippen molar-refractivity contribution in [2.45, 2.75) is 43.7 Å². The molecule has 6 nitrogen and oxygen atoms in total. The zero-order chi connectivity index (χ0) is 24.9. The summed E-state index contributed by atoms with van der Waals surface area (Å²) in [7, 11) is 0. The molecule has 0 spiro atoms. The van der Waals surface area contributed by atoms with Gasteiger partial charge in [0.25, 0.3) is 0 Å². The number of thiazole rings is 1. The monoisotopic (exact) mass is 503 g/mol. The molecule has 3 heterocycles. The number of aromatic nitrogens is 2. The van der Waals surface area contributed by atoms with Gasteiger partial charge in [0.1, 0.15) is 27.3 Å². The van der Waals surface area contributed by atoms with Crippen LogP contribution in [-0.4, -0.2) is 45.3 Å². The van der Waals surface area contributed by atoms with Gasteiger partial charge < -0.3 is 9.84 Å². The van der Waals surface area contributed by atoms with E-state index in [0.29, 0.717) is 23.7 Å². The fourth-order valence-electron chi connectivity index (χ4n) is 5.33. The van der Waals surface area contributed by atoms with Crippen LogP contribution in [-0.2, 0) is 10.2 Å². The van der Waals surface area contributed by atoms with Crippen LogP contribution in [0.25, 0.3) is 20.9 Å². The number of carboxylic acid groups (broad SMARTS) is 1. The van der Waals surface area contributed by atoms with Gasteiger partial charge in [0.15, 0.2) is 0 Å². The molecule has 1 aliphatic carbocycles. The van der Waals surface area contributed by atoms with Gasteiger partial charge in [0.05, 0.1) is 5.69 Å². The molecule has 36 heavy (non-hydrogen) atoms. The summed E-state index contributed by atoms with van der Waals surface area (Å²) in [6.07, 6.45) is 1.37. The highest BCUT2D eigenvalue weighted by Crippen LogP contribution is 2.53. The molecule has 184 valence electrons. The second-order valence-electron chi connectivity index (χ2n) is 9.61. The summed E-state index contributed by atoms with van der Waals surface area (Å²) in [5.74, 6) is -0.313. The first-order valence-corrected chi connectivity index (χ1v) is 13.1. The Labute approximate surface area is 212 Å². The average Bonchev–Trinajstić information content (AvgIpc) is 3.56. The number of benzene rings is 2. The highest BCUT2D eigenvalue weighted by atomic mass is 32.1. The molecular weight excluding hydrogens is 477 g/mol. The van der Waals surface area contributed by atoms with Crippen LogP contribution in [0.5, 0.6) is 0 Å². The van der Waals surface area contributed by atoms with Crippen LogP contribution in [0.2, 0.25) is 0 Å². The van der Waals surface area contributed by atoms with Crippen LogP contribution in [0.4, 0.5) is 9.18 Å². The Bertz CT molecular complexity index is 1430. The summed E-state index contributed by atoms with van der Waals surface area (Å²) in [5.41, 5.74) is 4.44. The van der Waals surface area contributed by atoms with Gasteiger partial charge in [-0.05, 0) is 54.7 Å². The Kier molecular flexibility index (Phi) is 5.73. The number of likely N-dealkylation sites (tertiary alicyclic amines) is 1. The second kappa shape index (κ2) is 8.94. The largest absolute Gasteiger partial charge is 0.506 e. The number of halogens is 1. The van der Waals surface area contributed by atoms with E-state index in [1.54, 1.807) is 12.1 Å². The molecule has 1 atom stereocenters. The number of hydrogen-bond donors (Lipinski definition) is 1. The van der Waals surface area contributed by atoms with E-state index in [9.17, 15) is 4.79 Å². The van der Waals surface area contributed by atoms with E-state index in [-0.39, 0.29) is 23.4 Å². The molecule has 4 aromatic rings. The van der Waals surface area contributed by atoms with Gasteiger partial charge in [0.2, 0.25) is 0 Å². The Morgan fingerprint density at radius 2 is 1.94 bits per heavy atom. The molecule has 2 fully saturated rings. The summed E-state index contributed by atoms with van der Waals surface area (Å²) in [6, 6.07) is 19.9. The van der Waals surface area contributed by atoms with Crippen molar-refractivity contribution in [3.8, 4) is 10.6 Å². The van der Waals surface area contributed by atoms with Crippen LogP contribution in [0, 0.1) is 5.82 Å². The minimum absolute atomic E-state index is 0.00880. The van der Waals surface area contributed by atoms with E-state index in [0.717, 1.165) is 40.9 Å². The normalized spacial score (nSPS) is 18.1. The minimum atomic E-state index is -1.26. The van der Waals surface area contributed by atoms with Crippen molar-refractivity contribution >= 4 is 27.8 Å². The summed E-state index contributed by atoms with van der Waals surface area (Å²) >= 11 is 1.42. The molecule has 0 unspecified atom stereocenters. The van der Waals surface area contributed by atoms with Gasteiger partial charge in [-0.15, -0.1) is 0 Å². The predicted octanol–water partition coefficient (Wildman–Crippen LogP) is 6.41. The average molecular weight is 504 g/mol. The second-order valence-corrected chi connectivity index (χ2v) is 10.6. The lowest BCUT2D eigenvalue weighted by Crippen LogP contribution is -2.53. The van der Waals surface area contributed by atoms with Gasteiger partial charge in [0, 0.05) is 30.1 Å². The summed E-state index contributed by atoms with van der Waals surface area (Å²) in [4.78, 5) is 23.3. The number of carbonyl (C=O) groups is 1. The van der Waals surface area contributed by atoms with Crippen molar-refractivity contribution in [2.75, 3.05) is 13.1 Å².